The van der Waals surface area contributed by atoms with Crippen LogP contribution in [-0.4, -0.2) is 21.6 Å². The van der Waals surface area contributed by atoms with Crippen molar-refractivity contribution in [2.45, 2.75) is 33.7 Å². The van der Waals surface area contributed by atoms with Crippen molar-refractivity contribution in [1.82, 2.24) is 9.78 Å². The van der Waals surface area contributed by atoms with Gasteiger partial charge in [-0.2, -0.15) is 5.10 Å². The van der Waals surface area contributed by atoms with Crippen molar-refractivity contribution >= 4 is 23.2 Å². The Morgan fingerprint density at radius 1 is 0.933 bits per heavy atom. The first-order chi connectivity index (χ1) is 14.4. The predicted octanol–water partition coefficient (Wildman–Crippen LogP) is 3.51. The highest BCUT2D eigenvalue weighted by atomic mass is 16.2. The van der Waals surface area contributed by atoms with E-state index in [1.54, 1.807) is 13.0 Å². The van der Waals surface area contributed by atoms with E-state index in [0.717, 1.165) is 21.4 Å². The molecule has 154 valence electrons. The summed E-state index contributed by atoms with van der Waals surface area (Å²) in [6, 6.07) is 16.5. The molecule has 0 bridgehead atoms. The molecule has 1 aromatic heterocycles. The molecule has 0 aliphatic rings. The second kappa shape index (κ2) is 9.17. The number of hydrogen-bond donors (Lipinski definition) is 2. The molecular weight excluding hydrogens is 380 g/mol. The average Bonchev–Trinajstić information content (AvgIpc) is 2.71. The first kappa shape index (κ1) is 21.0. The van der Waals surface area contributed by atoms with Gasteiger partial charge in [0.1, 0.15) is 12.2 Å². The lowest BCUT2D eigenvalue weighted by Gasteiger charge is -2.12. The second-order valence-corrected chi connectivity index (χ2v) is 7.09. The molecule has 0 saturated heterocycles. The fourth-order valence-electron chi connectivity index (χ4n) is 2.90. The Morgan fingerprint density at radius 3 is 2.33 bits per heavy atom. The van der Waals surface area contributed by atoms with Gasteiger partial charge in [0, 0.05) is 17.7 Å². The molecule has 0 unspecified atom stereocenters. The lowest BCUT2D eigenvalue weighted by atomic mass is 10.1. The van der Waals surface area contributed by atoms with Crippen LogP contribution in [0.4, 0.5) is 11.4 Å². The molecule has 0 radical (unpaired) electrons. The Morgan fingerprint density at radius 2 is 1.67 bits per heavy atom. The third-order valence-electron chi connectivity index (χ3n) is 4.51. The minimum Gasteiger partial charge on any atom is -0.324 e. The molecule has 7 nitrogen and oxygen atoms in total. The van der Waals surface area contributed by atoms with E-state index < -0.39 is 5.56 Å². The van der Waals surface area contributed by atoms with Gasteiger partial charge in [-0.05, 0) is 37.6 Å². The number of hydrogen-bond acceptors (Lipinski definition) is 4. The van der Waals surface area contributed by atoms with Crippen molar-refractivity contribution in [3.8, 4) is 11.3 Å². The van der Waals surface area contributed by atoms with E-state index in [0.29, 0.717) is 11.4 Å². The van der Waals surface area contributed by atoms with Crippen LogP contribution < -0.4 is 16.2 Å². The minimum absolute atomic E-state index is 0.0933. The number of amides is 2. The minimum atomic E-state index is -0.535. The second-order valence-electron chi connectivity index (χ2n) is 7.09. The Bertz CT molecular complexity index is 1130. The molecule has 0 aliphatic heterocycles. The van der Waals surface area contributed by atoms with Crippen molar-refractivity contribution < 1.29 is 9.59 Å². The molecular formula is C23H24N4O3. The smallest absolute Gasteiger partial charge is 0.291 e. The first-order valence-electron chi connectivity index (χ1n) is 9.71. The largest absolute Gasteiger partial charge is 0.324 e. The summed E-state index contributed by atoms with van der Waals surface area (Å²) in [6.07, 6.45) is 0.232. The summed E-state index contributed by atoms with van der Waals surface area (Å²) < 4.78 is 1.07. The number of carbonyl (C=O) groups is 2. The number of aromatic nitrogens is 2. The van der Waals surface area contributed by atoms with Crippen LogP contribution in [0.2, 0.25) is 0 Å². The van der Waals surface area contributed by atoms with Crippen molar-refractivity contribution in [2.24, 2.45) is 0 Å². The molecule has 2 N–H and O–H groups in total. The molecule has 0 spiro atoms. The van der Waals surface area contributed by atoms with Crippen molar-refractivity contribution in [3.63, 3.8) is 0 Å². The van der Waals surface area contributed by atoms with Crippen LogP contribution in [0, 0.1) is 13.8 Å². The molecule has 2 amide bonds. The monoisotopic (exact) mass is 404 g/mol. The quantitative estimate of drug-likeness (QED) is 0.657. The highest BCUT2D eigenvalue weighted by Crippen LogP contribution is 2.19. The van der Waals surface area contributed by atoms with Gasteiger partial charge < -0.3 is 10.6 Å². The number of aryl methyl sites for hydroxylation is 2. The zero-order valence-electron chi connectivity index (χ0n) is 17.2. The number of nitrogens with zero attached hydrogens (tertiary/aromatic N) is 2. The van der Waals surface area contributed by atoms with Gasteiger partial charge in [-0.25, -0.2) is 4.68 Å². The summed E-state index contributed by atoms with van der Waals surface area (Å²) in [5, 5.41) is 9.74. The predicted molar refractivity (Wildman–Crippen MR) is 117 cm³/mol. The topological polar surface area (TPSA) is 93.1 Å². The van der Waals surface area contributed by atoms with Gasteiger partial charge in [0.15, 0.2) is 0 Å². The fourth-order valence-corrected chi connectivity index (χ4v) is 2.90. The van der Waals surface area contributed by atoms with E-state index in [4.69, 9.17) is 0 Å². The Balaban J connectivity index is 1.95. The lowest BCUT2D eigenvalue weighted by molar-refractivity contribution is -0.117. The molecule has 1 heterocycles. The Kier molecular flexibility index (Phi) is 6.41. The van der Waals surface area contributed by atoms with Gasteiger partial charge in [-0.15, -0.1) is 0 Å². The highest BCUT2D eigenvalue weighted by molar-refractivity contribution is 5.92. The molecule has 3 aromatic rings. The highest BCUT2D eigenvalue weighted by Gasteiger charge is 2.14. The van der Waals surface area contributed by atoms with Gasteiger partial charge in [0.05, 0.1) is 5.69 Å². The first-order valence-corrected chi connectivity index (χ1v) is 9.71. The van der Waals surface area contributed by atoms with Crippen LogP contribution >= 0.6 is 0 Å². The summed E-state index contributed by atoms with van der Waals surface area (Å²) in [4.78, 5) is 37.2. The zero-order valence-corrected chi connectivity index (χ0v) is 17.2. The summed E-state index contributed by atoms with van der Waals surface area (Å²) in [5.74, 6) is -0.673. The SMILES string of the molecule is CCC(=O)Nc1cc(-c2ccc(C)cc2)nn(CC(=O)Nc2cccc(C)c2)c1=O. The van der Waals surface area contributed by atoms with Crippen LogP contribution in [-0.2, 0) is 16.1 Å². The summed E-state index contributed by atoms with van der Waals surface area (Å²) in [7, 11) is 0. The van der Waals surface area contributed by atoms with E-state index in [2.05, 4.69) is 15.7 Å². The van der Waals surface area contributed by atoms with E-state index in [9.17, 15) is 14.4 Å². The van der Waals surface area contributed by atoms with Gasteiger partial charge in [-0.1, -0.05) is 48.9 Å². The summed E-state index contributed by atoms with van der Waals surface area (Å²) >= 11 is 0. The third kappa shape index (κ3) is 5.20. The van der Waals surface area contributed by atoms with Crippen molar-refractivity contribution in [1.29, 1.82) is 0 Å². The average molecular weight is 404 g/mol. The number of nitrogens with one attached hydrogen (secondary N) is 2. The Labute approximate surface area is 174 Å². The van der Waals surface area contributed by atoms with Crippen LogP contribution in [0.1, 0.15) is 24.5 Å². The molecule has 0 fully saturated rings. The van der Waals surface area contributed by atoms with E-state index >= 15 is 0 Å². The van der Waals surface area contributed by atoms with Crippen molar-refractivity contribution in [2.75, 3.05) is 10.6 Å². The third-order valence-corrected chi connectivity index (χ3v) is 4.51. The number of anilines is 2. The maximum absolute atomic E-state index is 12.8. The number of benzene rings is 2. The summed E-state index contributed by atoms with van der Waals surface area (Å²) in [6.45, 7) is 5.32. The summed E-state index contributed by atoms with van der Waals surface area (Å²) in [5.41, 5.74) is 3.56. The molecule has 2 aromatic carbocycles. The van der Waals surface area contributed by atoms with E-state index in [1.165, 1.54) is 6.07 Å². The molecule has 0 aliphatic carbocycles. The van der Waals surface area contributed by atoms with E-state index in [-0.39, 0.29) is 30.5 Å². The molecule has 30 heavy (non-hydrogen) atoms. The van der Waals surface area contributed by atoms with Crippen LogP contribution in [0.5, 0.6) is 0 Å². The normalized spacial score (nSPS) is 10.5. The number of carbonyl (C=O) groups excluding carboxylic acids is 2. The fraction of sp³-hybridized carbons (Fsp3) is 0.217. The van der Waals surface area contributed by atoms with Crippen LogP contribution in [0.15, 0.2) is 59.4 Å². The number of rotatable bonds is 6. The maximum atomic E-state index is 12.8. The van der Waals surface area contributed by atoms with Gasteiger partial charge >= 0.3 is 0 Å². The van der Waals surface area contributed by atoms with Crippen LogP contribution in [0.25, 0.3) is 11.3 Å². The standard InChI is InChI=1S/C23H24N4O3/c1-4-21(28)25-20-13-19(17-10-8-15(2)9-11-17)26-27(23(20)30)14-22(29)24-18-7-5-6-16(3)12-18/h5-13H,4,14H2,1-3H3,(H,24,29)(H,25,28). The van der Waals surface area contributed by atoms with Crippen molar-refractivity contribution in [3.05, 3.63) is 76.1 Å². The molecule has 0 saturated carbocycles. The van der Waals surface area contributed by atoms with Gasteiger partial charge in [-0.3, -0.25) is 14.4 Å². The zero-order chi connectivity index (χ0) is 21.7. The molecule has 3 rings (SSSR count). The van der Waals surface area contributed by atoms with Gasteiger partial charge in [0.2, 0.25) is 11.8 Å². The Hall–Kier alpha value is -3.74. The van der Waals surface area contributed by atoms with Gasteiger partial charge in [0.25, 0.3) is 5.56 Å². The van der Waals surface area contributed by atoms with E-state index in [1.807, 2.05) is 56.3 Å². The molecule has 0 atom stereocenters. The maximum Gasteiger partial charge on any atom is 0.291 e. The lowest BCUT2D eigenvalue weighted by Crippen LogP contribution is -2.32. The molecule has 7 heteroatoms. The van der Waals surface area contributed by atoms with Crippen LogP contribution in [0.3, 0.4) is 0 Å².